The number of amides is 1. The lowest BCUT2D eigenvalue weighted by atomic mass is 9.76. The van der Waals surface area contributed by atoms with Crippen molar-refractivity contribution in [1.29, 1.82) is 5.26 Å². The molecule has 0 aromatic rings. The van der Waals surface area contributed by atoms with Crippen LogP contribution in [0.5, 0.6) is 0 Å². The van der Waals surface area contributed by atoms with Crippen LogP contribution in [0.1, 0.15) is 52.9 Å². The molecule has 94 valence electrons. The fraction of sp³-hybridized carbons (Fsp3) is 0.846. The minimum absolute atomic E-state index is 0.227. The van der Waals surface area contributed by atoms with Gasteiger partial charge in [-0.1, -0.05) is 0 Å². The number of rotatable bonds is 2. The predicted molar refractivity (Wildman–Crippen MR) is 63.3 cm³/mol. The van der Waals surface area contributed by atoms with Crippen LogP contribution in [0.15, 0.2) is 0 Å². The molecule has 4 nitrogen and oxygen atoms in total. The van der Waals surface area contributed by atoms with Gasteiger partial charge in [-0.2, -0.15) is 5.26 Å². The molecular weight excluding hydrogens is 216 g/mol. The van der Waals surface area contributed by atoms with Gasteiger partial charge in [0, 0.05) is 6.04 Å². The first-order chi connectivity index (χ1) is 7.88. The quantitative estimate of drug-likeness (QED) is 0.740. The summed E-state index contributed by atoms with van der Waals surface area (Å²) in [6, 6.07) is 2.55. The zero-order valence-corrected chi connectivity index (χ0v) is 10.8. The highest BCUT2D eigenvalue weighted by Crippen LogP contribution is 2.44. The van der Waals surface area contributed by atoms with Gasteiger partial charge in [-0.15, -0.1) is 0 Å². The van der Waals surface area contributed by atoms with Crippen molar-refractivity contribution in [3.63, 3.8) is 0 Å². The third-order valence-electron chi connectivity index (χ3n) is 3.35. The Bertz CT molecular complexity index is 357. The van der Waals surface area contributed by atoms with E-state index in [2.05, 4.69) is 6.07 Å². The van der Waals surface area contributed by atoms with Gasteiger partial charge >= 0.3 is 6.09 Å². The van der Waals surface area contributed by atoms with Gasteiger partial charge in [0.1, 0.15) is 11.1 Å². The summed E-state index contributed by atoms with van der Waals surface area (Å²) >= 11 is 0. The Morgan fingerprint density at radius 2 is 2.00 bits per heavy atom. The normalized spacial score (nSPS) is 22.2. The van der Waals surface area contributed by atoms with E-state index in [1.54, 1.807) is 4.90 Å². The summed E-state index contributed by atoms with van der Waals surface area (Å²) in [5.74, 6) is 0. The van der Waals surface area contributed by atoms with Gasteiger partial charge in [0.25, 0.3) is 0 Å². The van der Waals surface area contributed by atoms with Gasteiger partial charge < -0.3 is 4.74 Å². The molecule has 2 fully saturated rings. The first kappa shape index (κ1) is 12.2. The molecule has 2 rings (SSSR count). The highest BCUT2D eigenvalue weighted by Gasteiger charge is 2.52. The molecule has 2 saturated carbocycles. The first-order valence-corrected chi connectivity index (χ1v) is 6.31. The summed E-state index contributed by atoms with van der Waals surface area (Å²) in [7, 11) is 0. The van der Waals surface area contributed by atoms with Gasteiger partial charge in [0.2, 0.25) is 0 Å². The molecule has 2 aliphatic rings. The molecule has 0 saturated heterocycles. The van der Waals surface area contributed by atoms with Crippen molar-refractivity contribution in [2.45, 2.75) is 70.1 Å². The second-order valence-corrected chi connectivity index (χ2v) is 6.08. The van der Waals surface area contributed by atoms with E-state index in [4.69, 9.17) is 4.74 Å². The van der Waals surface area contributed by atoms with Crippen molar-refractivity contribution >= 4 is 6.09 Å². The largest absolute Gasteiger partial charge is 0.444 e. The number of hydrogen-bond acceptors (Lipinski definition) is 3. The zero-order valence-electron chi connectivity index (χ0n) is 10.8. The van der Waals surface area contributed by atoms with Crippen LogP contribution in [0.4, 0.5) is 4.79 Å². The first-order valence-electron chi connectivity index (χ1n) is 6.31. The van der Waals surface area contributed by atoms with Crippen LogP contribution in [-0.4, -0.2) is 28.2 Å². The predicted octanol–water partition coefficient (Wildman–Crippen LogP) is 2.83. The van der Waals surface area contributed by atoms with Crippen LogP contribution in [-0.2, 0) is 4.74 Å². The second kappa shape index (κ2) is 3.90. The Kier molecular flexibility index (Phi) is 2.81. The molecule has 0 unspecified atom stereocenters. The standard InChI is InChI=1S/C13H20N2O2/c1-12(2,3)17-11(16)15(10-5-6-10)13(9-14)7-4-8-13/h10H,4-8H2,1-3H3. The molecule has 0 aliphatic heterocycles. The number of carbonyl (C=O) groups is 1. The number of nitriles is 1. The number of nitrogens with zero attached hydrogens (tertiary/aromatic N) is 2. The van der Waals surface area contributed by atoms with Crippen LogP contribution in [0, 0.1) is 11.3 Å². The SMILES string of the molecule is CC(C)(C)OC(=O)N(C1CC1)C1(C#N)CCC1. The second-order valence-electron chi connectivity index (χ2n) is 6.08. The van der Waals surface area contributed by atoms with E-state index in [0.29, 0.717) is 0 Å². The summed E-state index contributed by atoms with van der Waals surface area (Å²) in [5, 5.41) is 9.33. The van der Waals surface area contributed by atoms with Gasteiger partial charge in [-0.3, -0.25) is 4.90 Å². The molecule has 0 bridgehead atoms. The van der Waals surface area contributed by atoms with Crippen LogP contribution in [0.2, 0.25) is 0 Å². The maximum absolute atomic E-state index is 12.2. The van der Waals surface area contributed by atoms with E-state index in [1.807, 2.05) is 20.8 Å². The minimum Gasteiger partial charge on any atom is -0.444 e. The van der Waals surface area contributed by atoms with Crippen molar-refractivity contribution in [3.8, 4) is 6.07 Å². The topological polar surface area (TPSA) is 53.3 Å². The monoisotopic (exact) mass is 236 g/mol. The third-order valence-corrected chi connectivity index (χ3v) is 3.35. The van der Waals surface area contributed by atoms with Crippen LogP contribution in [0.25, 0.3) is 0 Å². The Morgan fingerprint density at radius 3 is 2.29 bits per heavy atom. The van der Waals surface area contributed by atoms with Gasteiger partial charge in [0.15, 0.2) is 0 Å². The fourth-order valence-electron chi connectivity index (χ4n) is 2.24. The minimum atomic E-state index is -0.580. The van der Waals surface area contributed by atoms with Crippen molar-refractivity contribution in [3.05, 3.63) is 0 Å². The van der Waals surface area contributed by atoms with Crippen molar-refractivity contribution < 1.29 is 9.53 Å². The fourth-order valence-corrected chi connectivity index (χ4v) is 2.24. The van der Waals surface area contributed by atoms with E-state index in [-0.39, 0.29) is 12.1 Å². The average Bonchev–Trinajstić information content (AvgIpc) is 2.90. The van der Waals surface area contributed by atoms with E-state index in [0.717, 1.165) is 32.1 Å². The van der Waals surface area contributed by atoms with E-state index in [1.165, 1.54) is 0 Å². The molecule has 0 atom stereocenters. The average molecular weight is 236 g/mol. The molecule has 0 heterocycles. The highest BCUT2D eigenvalue weighted by molar-refractivity contribution is 5.71. The molecule has 4 heteroatoms. The van der Waals surface area contributed by atoms with Gasteiger partial charge in [0.05, 0.1) is 6.07 Å². The Labute approximate surface area is 103 Å². The molecule has 0 radical (unpaired) electrons. The molecule has 1 amide bonds. The van der Waals surface area contributed by atoms with Gasteiger partial charge in [-0.25, -0.2) is 4.79 Å². The van der Waals surface area contributed by atoms with Crippen LogP contribution < -0.4 is 0 Å². The smallest absolute Gasteiger partial charge is 0.411 e. The molecule has 0 N–H and O–H groups in total. The molecule has 0 spiro atoms. The molecule has 0 aromatic carbocycles. The lowest BCUT2D eigenvalue weighted by Crippen LogP contribution is -2.57. The number of carbonyl (C=O) groups excluding carboxylic acids is 1. The van der Waals surface area contributed by atoms with Crippen LogP contribution >= 0.6 is 0 Å². The highest BCUT2D eigenvalue weighted by atomic mass is 16.6. The maximum Gasteiger partial charge on any atom is 0.411 e. The van der Waals surface area contributed by atoms with Crippen molar-refractivity contribution in [1.82, 2.24) is 4.90 Å². The van der Waals surface area contributed by atoms with Crippen molar-refractivity contribution in [2.75, 3.05) is 0 Å². The molecular formula is C13H20N2O2. The third kappa shape index (κ3) is 2.38. The van der Waals surface area contributed by atoms with Crippen LogP contribution in [0.3, 0.4) is 0 Å². The van der Waals surface area contributed by atoms with Gasteiger partial charge in [-0.05, 0) is 52.9 Å². The maximum atomic E-state index is 12.2. The lowest BCUT2D eigenvalue weighted by Gasteiger charge is -2.45. The summed E-state index contributed by atoms with van der Waals surface area (Å²) < 4.78 is 5.42. The van der Waals surface area contributed by atoms with E-state index < -0.39 is 11.1 Å². The van der Waals surface area contributed by atoms with E-state index in [9.17, 15) is 10.1 Å². The molecule has 2 aliphatic carbocycles. The summed E-state index contributed by atoms with van der Waals surface area (Å²) in [6.07, 6.45) is 4.30. The Hall–Kier alpha value is -1.24. The molecule has 0 aromatic heterocycles. The molecule has 17 heavy (non-hydrogen) atoms. The summed E-state index contributed by atoms with van der Waals surface area (Å²) in [6.45, 7) is 5.57. The van der Waals surface area contributed by atoms with Crippen molar-refractivity contribution in [2.24, 2.45) is 0 Å². The summed E-state index contributed by atoms with van der Waals surface area (Å²) in [5.41, 5.74) is -1.08. The number of hydrogen-bond donors (Lipinski definition) is 0. The lowest BCUT2D eigenvalue weighted by molar-refractivity contribution is -0.0119. The Morgan fingerprint density at radius 1 is 1.41 bits per heavy atom. The number of ether oxygens (including phenoxy) is 1. The zero-order chi connectivity index (χ0) is 12.7. The summed E-state index contributed by atoms with van der Waals surface area (Å²) in [4.78, 5) is 13.9. The van der Waals surface area contributed by atoms with E-state index >= 15 is 0 Å². The Balaban J connectivity index is 2.13.